The first kappa shape index (κ1) is 14.8. The van der Waals surface area contributed by atoms with Crippen molar-refractivity contribution in [2.45, 2.75) is 38.8 Å². The van der Waals surface area contributed by atoms with Crippen LogP contribution in [0.25, 0.3) is 0 Å². The Bertz CT molecular complexity index is 412. The van der Waals surface area contributed by atoms with E-state index in [1.807, 2.05) is 0 Å². The Hall–Kier alpha value is -0.640. The molecule has 1 aromatic rings. The minimum atomic E-state index is -0.204. The maximum absolute atomic E-state index is 13.8. The molecule has 19 heavy (non-hydrogen) atoms. The Morgan fingerprint density at radius 2 is 2.11 bits per heavy atom. The van der Waals surface area contributed by atoms with Crippen LogP contribution in [0.3, 0.4) is 0 Å². The fourth-order valence-corrected chi connectivity index (χ4v) is 3.03. The molecular formula is C15H22ClFN2. The van der Waals surface area contributed by atoms with Crippen molar-refractivity contribution in [1.29, 1.82) is 0 Å². The number of rotatable bonds is 4. The van der Waals surface area contributed by atoms with E-state index in [4.69, 9.17) is 11.6 Å². The van der Waals surface area contributed by atoms with Crippen molar-refractivity contribution in [3.63, 3.8) is 0 Å². The van der Waals surface area contributed by atoms with Crippen LogP contribution in [-0.2, 0) is 6.54 Å². The van der Waals surface area contributed by atoms with E-state index in [9.17, 15) is 4.39 Å². The predicted molar refractivity (Wildman–Crippen MR) is 78.0 cm³/mol. The van der Waals surface area contributed by atoms with E-state index in [0.29, 0.717) is 17.1 Å². The Balaban J connectivity index is 2.11. The topological polar surface area (TPSA) is 15.3 Å². The first-order chi connectivity index (χ1) is 9.10. The van der Waals surface area contributed by atoms with E-state index < -0.39 is 0 Å². The van der Waals surface area contributed by atoms with Crippen molar-refractivity contribution >= 4 is 11.6 Å². The second-order valence-electron chi connectivity index (χ2n) is 5.33. The molecule has 106 valence electrons. The van der Waals surface area contributed by atoms with Gasteiger partial charge in [-0.3, -0.25) is 4.90 Å². The minimum absolute atomic E-state index is 0.163. The molecule has 1 aliphatic heterocycles. The molecule has 1 aliphatic rings. The minimum Gasteiger partial charge on any atom is -0.309 e. The second kappa shape index (κ2) is 6.21. The van der Waals surface area contributed by atoms with Crippen molar-refractivity contribution in [2.24, 2.45) is 0 Å². The maximum Gasteiger partial charge on any atom is 0.129 e. The van der Waals surface area contributed by atoms with Crippen LogP contribution in [0.4, 0.5) is 4.39 Å². The molecule has 1 heterocycles. The summed E-state index contributed by atoms with van der Waals surface area (Å²) in [4.78, 5) is 2.30. The lowest BCUT2D eigenvalue weighted by Crippen LogP contribution is -2.59. The second-order valence-corrected chi connectivity index (χ2v) is 5.73. The van der Waals surface area contributed by atoms with Crippen LogP contribution in [0.5, 0.6) is 0 Å². The molecule has 0 bridgehead atoms. The fraction of sp³-hybridized carbons (Fsp3) is 0.600. The van der Waals surface area contributed by atoms with Crippen LogP contribution in [-0.4, -0.2) is 30.1 Å². The number of hydrogen-bond donors (Lipinski definition) is 1. The zero-order valence-electron chi connectivity index (χ0n) is 11.7. The van der Waals surface area contributed by atoms with Crippen molar-refractivity contribution in [1.82, 2.24) is 10.2 Å². The summed E-state index contributed by atoms with van der Waals surface area (Å²) in [5.41, 5.74) is 0.780. The van der Waals surface area contributed by atoms with E-state index in [1.165, 1.54) is 6.07 Å². The highest BCUT2D eigenvalue weighted by Gasteiger charge is 2.32. The Morgan fingerprint density at radius 1 is 1.37 bits per heavy atom. The molecule has 0 atom stereocenters. The Morgan fingerprint density at radius 3 is 2.74 bits per heavy atom. The van der Waals surface area contributed by atoms with Crippen LogP contribution in [0, 0.1) is 5.82 Å². The molecule has 2 rings (SSSR count). The highest BCUT2D eigenvalue weighted by Crippen LogP contribution is 2.25. The SMILES string of the molecule is CCC1(CC)CN(Cc2c(F)cccc2Cl)CCN1. The van der Waals surface area contributed by atoms with Gasteiger partial charge in [-0.15, -0.1) is 0 Å². The molecule has 1 N–H and O–H groups in total. The number of nitrogens with zero attached hydrogens (tertiary/aromatic N) is 1. The van der Waals surface area contributed by atoms with Gasteiger partial charge in [0.05, 0.1) is 0 Å². The van der Waals surface area contributed by atoms with Gasteiger partial charge in [0.25, 0.3) is 0 Å². The summed E-state index contributed by atoms with van der Waals surface area (Å²) in [7, 11) is 0. The third kappa shape index (κ3) is 3.28. The van der Waals surface area contributed by atoms with Gasteiger partial charge in [0.2, 0.25) is 0 Å². The molecule has 1 saturated heterocycles. The summed E-state index contributed by atoms with van der Waals surface area (Å²) in [6.45, 7) is 7.84. The van der Waals surface area contributed by atoms with Crippen LogP contribution in [0.1, 0.15) is 32.3 Å². The number of halogens is 2. The molecule has 1 aromatic carbocycles. The van der Waals surface area contributed by atoms with Gasteiger partial charge in [-0.05, 0) is 25.0 Å². The predicted octanol–water partition coefficient (Wildman–Crippen LogP) is 3.44. The van der Waals surface area contributed by atoms with Crippen LogP contribution in [0.2, 0.25) is 5.02 Å². The van der Waals surface area contributed by atoms with Gasteiger partial charge in [-0.1, -0.05) is 31.5 Å². The molecule has 0 aliphatic carbocycles. The number of hydrogen-bond acceptors (Lipinski definition) is 2. The van der Waals surface area contributed by atoms with Crippen LogP contribution < -0.4 is 5.32 Å². The number of piperazine rings is 1. The molecule has 0 unspecified atom stereocenters. The van der Waals surface area contributed by atoms with Crippen LogP contribution in [0.15, 0.2) is 18.2 Å². The highest BCUT2D eigenvalue weighted by atomic mass is 35.5. The lowest BCUT2D eigenvalue weighted by molar-refractivity contribution is 0.117. The normalized spacial score (nSPS) is 19.6. The first-order valence-electron chi connectivity index (χ1n) is 7.00. The average molecular weight is 285 g/mol. The molecule has 0 saturated carbocycles. The molecule has 0 aromatic heterocycles. The third-order valence-electron chi connectivity index (χ3n) is 4.25. The summed E-state index contributed by atoms with van der Waals surface area (Å²) in [6, 6.07) is 4.90. The monoisotopic (exact) mass is 284 g/mol. The maximum atomic E-state index is 13.8. The van der Waals surface area contributed by atoms with Gasteiger partial charge in [0.15, 0.2) is 0 Å². The molecule has 4 heteroatoms. The summed E-state index contributed by atoms with van der Waals surface area (Å²) in [6.07, 6.45) is 2.18. The highest BCUT2D eigenvalue weighted by molar-refractivity contribution is 6.31. The molecule has 0 spiro atoms. The zero-order valence-corrected chi connectivity index (χ0v) is 12.4. The summed E-state index contributed by atoms with van der Waals surface area (Å²) < 4.78 is 13.8. The van der Waals surface area contributed by atoms with Gasteiger partial charge >= 0.3 is 0 Å². The standard InChI is InChI=1S/C15H22ClFN2/c1-3-15(4-2)11-19(9-8-18-15)10-12-13(16)6-5-7-14(12)17/h5-7,18H,3-4,8-11H2,1-2H3. The zero-order chi connectivity index (χ0) is 13.9. The smallest absolute Gasteiger partial charge is 0.129 e. The van der Waals surface area contributed by atoms with E-state index in [0.717, 1.165) is 32.5 Å². The van der Waals surface area contributed by atoms with Gasteiger partial charge < -0.3 is 5.32 Å². The van der Waals surface area contributed by atoms with E-state index in [-0.39, 0.29) is 11.4 Å². The fourth-order valence-electron chi connectivity index (χ4n) is 2.81. The number of benzene rings is 1. The quantitative estimate of drug-likeness (QED) is 0.911. The van der Waals surface area contributed by atoms with Crippen molar-refractivity contribution in [3.05, 3.63) is 34.6 Å². The van der Waals surface area contributed by atoms with E-state index in [1.54, 1.807) is 12.1 Å². The Labute approximate surface area is 119 Å². The van der Waals surface area contributed by atoms with Crippen molar-refractivity contribution in [3.8, 4) is 0 Å². The summed E-state index contributed by atoms with van der Waals surface area (Å²) >= 11 is 6.11. The lowest BCUT2D eigenvalue weighted by atomic mass is 9.90. The summed E-state index contributed by atoms with van der Waals surface area (Å²) in [5, 5.41) is 4.13. The van der Waals surface area contributed by atoms with Gasteiger partial charge in [-0.25, -0.2) is 4.39 Å². The largest absolute Gasteiger partial charge is 0.309 e. The molecule has 0 radical (unpaired) electrons. The van der Waals surface area contributed by atoms with Gasteiger partial charge in [0, 0.05) is 42.3 Å². The lowest BCUT2D eigenvalue weighted by Gasteiger charge is -2.43. The van der Waals surface area contributed by atoms with Crippen molar-refractivity contribution in [2.75, 3.05) is 19.6 Å². The number of nitrogens with one attached hydrogen (secondary N) is 1. The Kier molecular flexibility index (Phi) is 4.82. The van der Waals surface area contributed by atoms with Crippen LogP contribution >= 0.6 is 11.6 Å². The molecule has 2 nitrogen and oxygen atoms in total. The molecule has 1 fully saturated rings. The third-order valence-corrected chi connectivity index (χ3v) is 4.61. The van der Waals surface area contributed by atoms with Gasteiger partial charge in [-0.2, -0.15) is 0 Å². The molecular weight excluding hydrogens is 263 g/mol. The average Bonchev–Trinajstić information content (AvgIpc) is 2.43. The van der Waals surface area contributed by atoms with Gasteiger partial charge in [0.1, 0.15) is 5.82 Å². The van der Waals surface area contributed by atoms with Crippen molar-refractivity contribution < 1.29 is 4.39 Å². The first-order valence-corrected chi connectivity index (χ1v) is 7.38. The van der Waals surface area contributed by atoms with E-state index >= 15 is 0 Å². The van der Waals surface area contributed by atoms with E-state index in [2.05, 4.69) is 24.1 Å². The summed E-state index contributed by atoms with van der Waals surface area (Å²) in [5.74, 6) is -0.204. The molecule has 0 amide bonds.